The molecule has 0 saturated carbocycles. The van der Waals surface area contributed by atoms with E-state index in [2.05, 4.69) is 52.7 Å². The second-order valence-electron chi connectivity index (χ2n) is 8.07. The van der Waals surface area contributed by atoms with Crippen molar-refractivity contribution in [3.8, 4) is 11.4 Å². The van der Waals surface area contributed by atoms with Crippen LogP contribution in [0.3, 0.4) is 0 Å². The smallest absolute Gasteiger partial charge is 0.267 e. The van der Waals surface area contributed by atoms with Gasteiger partial charge in [-0.15, -0.1) is 11.8 Å². The summed E-state index contributed by atoms with van der Waals surface area (Å²) in [6.07, 6.45) is 4.36. The van der Waals surface area contributed by atoms with E-state index in [0.29, 0.717) is 18.1 Å². The molecule has 3 aromatic rings. The van der Waals surface area contributed by atoms with Crippen LogP contribution < -0.4 is 5.43 Å². The number of rotatable bonds is 5. The van der Waals surface area contributed by atoms with Crippen molar-refractivity contribution >= 4 is 24.0 Å². The molecule has 1 saturated heterocycles. The van der Waals surface area contributed by atoms with Crippen molar-refractivity contribution in [2.45, 2.75) is 43.8 Å². The van der Waals surface area contributed by atoms with Gasteiger partial charge in [-0.3, -0.25) is 9.80 Å². The Morgan fingerprint density at radius 3 is 2.78 bits per heavy atom. The average Bonchev–Trinajstić information content (AvgIpc) is 3.45. The molecule has 0 radical (unpaired) electrons. The van der Waals surface area contributed by atoms with E-state index in [-0.39, 0.29) is 24.5 Å². The van der Waals surface area contributed by atoms with Crippen molar-refractivity contribution in [1.82, 2.24) is 25.6 Å². The lowest BCUT2D eigenvalue weighted by Crippen LogP contribution is -2.50. The number of hydrazone groups is 1. The van der Waals surface area contributed by atoms with Gasteiger partial charge in [-0.1, -0.05) is 28.9 Å². The van der Waals surface area contributed by atoms with E-state index in [0.717, 1.165) is 5.56 Å². The first kappa shape index (κ1) is 20.7. The molecule has 2 aliphatic heterocycles. The van der Waals surface area contributed by atoms with Gasteiger partial charge in [-0.25, -0.2) is 10.4 Å². The summed E-state index contributed by atoms with van der Waals surface area (Å²) in [5.41, 5.74) is 7.90. The molecule has 1 amide bonds. The van der Waals surface area contributed by atoms with Gasteiger partial charge in [0.2, 0.25) is 11.7 Å². The van der Waals surface area contributed by atoms with Crippen molar-refractivity contribution in [3.63, 3.8) is 0 Å². The Bertz CT molecular complexity index is 1180. The Morgan fingerprint density at radius 2 is 2.00 bits per heavy atom. The molecule has 0 bridgehead atoms. The third-order valence-corrected chi connectivity index (χ3v) is 6.61. The molecule has 8 nitrogen and oxygen atoms in total. The number of nitrogens with one attached hydrogen (secondary N) is 1. The molecule has 2 atom stereocenters. The number of hydrazine groups is 1. The maximum atomic E-state index is 13.1. The summed E-state index contributed by atoms with van der Waals surface area (Å²) in [4.78, 5) is 18.7. The number of aromatic nitrogens is 2. The first-order valence-electron chi connectivity index (χ1n) is 10.5. The van der Waals surface area contributed by atoms with Crippen molar-refractivity contribution in [2.24, 2.45) is 5.10 Å². The molecular weight excluding hydrogens is 424 g/mol. The lowest BCUT2D eigenvalue weighted by Gasteiger charge is -2.29. The molecule has 0 aliphatic carbocycles. The number of carbonyl (C=O) groups is 1. The predicted octanol–water partition coefficient (Wildman–Crippen LogP) is 3.68. The van der Waals surface area contributed by atoms with Gasteiger partial charge in [-0.2, -0.15) is 10.1 Å². The maximum absolute atomic E-state index is 13.1. The number of aryl methyl sites for hydroxylation is 2. The van der Waals surface area contributed by atoms with Gasteiger partial charge in [0.15, 0.2) is 0 Å². The Labute approximate surface area is 190 Å². The zero-order chi connectivity index (χ0) is 22.2. The highest BCUT2D eigenvalue weighted by Gasteiger charge is 2.41. The molecule has 164 valence electrons. The van der Waals surface area contributed by atoms with Gasteiger partial charge in [0.25, 0.3) is 5.91 Å². The molecule has 32 heavy (non-hydrogen) atoms. The van der Waals surface area contributed by atoms with Gasteiger partial charge in [0.1, 0.15) is 18.9 Å². The number of hydrogen-bond acceptors (Lipinski definition) is 8. The van der Waals surface area contributed by atoms with Crippen molar-refractivity contribution in [3.05, 3.63) is 65.0 Å². The fourth-order valence-electron chi connectivity index (χ4n) is 4.10. The maximum Gasteiger partial charge on any atom is 0.267 e. The molecule has 2 aromatic carbocycles. The summed E-state index contributed by atoms with van der Waals surface area (Å²) < 4.78 is 5.39. The quantitative estimate of drug-likeness (QED) is 0.596. The zero-order valence-electron chi connectivity index (χ0n) is 18.1. The minimum atomic E-state index is -0.320. The Balaban J connectivity index is 1.28. The van der Waals surface area contributed by atoms with Crippen LogP contribution in [0.1, 0.15) is 35.0 Å². The number of hydrogen-bond donors (Lipinski definition) is 1. The van der Waals surface area contributed by atoms with Gasteiger partial charge < -0.3 is 4.52 Å². The van der Waals surface area contributed by atoms with Crippen LogP contribution >= 0.6 is 11.8 Å². The van der Waals surface area contributed by atoms with Gasteiger partial charge in [-0.05, 0) is 61.9 Å². The van der Waals surface area contributed by atoms with Crippen LogP contribution in [-0.2, 0) is 11.3 Å². The van der Waals surface area contributed by atoms with E-state index in [1.807, 2.05) is 30.5 Å². The van der Waals surface area contributed by atoms with Crippen LogP contribution in [0.15, 0.2) is 57.0 Å². The van der Waals surface area contributed by atoms with Gasteiger partial charge in [0.05, 0.1) is 6.04 Å². The van der Waals surface area contributed by atoms with Gasteiger partial charge in [0, 0.05) is 10.5 Å². The molecule has 3 heterocycles. The van der Waals surface area contributed by atoms with Crippen molar-refractivity contribution < 1.29 is 9.32 Å². The van der Waals surface area contributed by atoms with Crippen LogP contribution in [0.25, 0.3) is 11.4 Å². The predicted molar refractivity (Wildman–Crippen MR) is 123 cm³/mol. The summed E-state index contributed by atoms with van der Waals surface area (Å²) in [5.74, 6) is 0.766. The lowest BCUT2D eigenvalue weighted by atomic mass is 9.95. The minimum Gasteiger partial charge on any atom is -0.337 e. The largest absolute Gasteiger partial charge is 0.337 e. The number of nitrogens with zero attached hydrogens (tertiary/aromatic N) is 5. The fourth-order valence-corrected chi connectivity index (χ4v) is 4.50. The summed E-state index contributed by atoms with van der Waals surface area (Å²) >= 11 is 1.68. The van der Waals surface area contributed by atoms with Crippen LogP contribution in [0.5, 0.6) is 0 Å². The molecule has 0 spiro atoms. The van der Waals surface area contributed by atoms with Crippen molar-refractivity contribution in [1.29, 1.82) is 0 Å². The first-order valence-corrected chi connectivity index (χ1v) is 11.7. The minimum absolute atomic E-state index is 0.0644. The summed E-state index contributed by atoms with van der Waals surface area (Å²) in [7, 11) is 0. The SMILES string of the molecule is CSc1ccc(-c2noc(CN3N=CN4NC(c5cc(C)ccc5C)CC4C3=O)n2)cc1. The number of carbonyl (C=O) groups excluding carboxylic acids is 1. The second-order valence-corrected chi connectivity index (χ2v) is 8.95. The van der Waals surface area contributed by atoms with E-state index in [9.17, 15) is 4.79 Å². The van der Waals surface area contributed by atoms with Crippen LogP contribution in [0.4, 0.5) is 0 Å². The van der Waals surface area contributed by atoms with Crippen LogP contribution in [-0.4, -0.2) is 44.7 Å². The third-order valence-electron chi connectivity index (χ3n) is 5.87. The van der Waals surface area contributed by atoms with Crippen molar-refractivity contribution in [2.75, 3.05) is 6.26 Å². The Morgan fingerprint density at radius 1 is 1.19 bits per heavy atom. The lowest BCUT2D eigenvalue weighted by molar-refractivity contribution is -0.137. The molecule has 9 heteroatoms. The number of benzene rings is 2. The molecular formula is C23H24N6O2S. The highest BCUT2D eigenvalue weighted by Crippen LogP contribution is 2.32. The molecule has 1 N–H and O–H groups in total. The van der Waals surface area contributed by atoms with E-state index in [1.54, 1.807) is 23.1 Å². The molecule has 2 unspecified atom stereocenters. The fraction of sp³-hybridized carbons (Fsp3) is 0.304. The Kier molecular flexibility index (Phi) is 5.44. The molecule has 1 fully saturated rings. The topological polar surface area (TPSA) is 86.9 Å². The van der Waals surface area contributed by atoms with Crippen LogP contribution in [0, 0.1) is 13.8 Å². The van der Waals surface area contributed by atoms with E-state index in [1.165, 1.54) is 26.6 Å². The average molecular weight is 449 g/mol. The number of thioether (sulfide) groups is 1. The molecule has 5 rings (SSSR count). The third kappa shape index (κ3) is 3.89. The zero-order valence-corrected chi connectivity index (χ0v) is 19.0. The van der Waals surface area contributed by atoms with E-state index >= 15 is 0 Å². The first-order chi connectivity index (χ1) is 15.5. The monoisotopic (exact) mass is 448 g/mol. The molecule has 1 aromatic heterocycles. The van der Waals surface area contributed by atoms with E-state index in [4.69, 9.17) is 4.52 Å². The Hall–Kier alpha value is -3.17. The highest BCUT2D eigenvalue weighted by molar-refractivity contribution is 7.98. The number of fused-ring (bicyclic) bond motifs is 1. The summed E-state index contributed by atoms with van der Waals surface area (Å²) in [6.45, 7) is 4.32. The highest BCUT2D eigenvalue weighted by atomic mass is 32.2. The standard InChI is InChI=1S/C23H24N6O2S/c1-14-4-5-15(2)18(10-14)19-11-20-23(30)28(24-13-29(20)26-19)12-21-25-22(27-31-21)16-6-8-17(32-3)9-7-16/h4-10,13,19-20,26H,11-12H2,1-3H3. The van der Waals surface area contributed by atoms with Crippen LogP contribution in [0.2, 0.25) is 0 Å². The second kappa shape index (κ2) is 8.40. The van der Waals surface area contributed by atoms with E-state index < -0.39 is 0 Å². The van der Waals surface area contributed by atoms with Gasteiger partial charge >= 0.3 is 0 Å². The summed E-state index contributed by atoms with van der Waals surface area (Å²) in [5, 5.41) is 11.6. The normalized spacial score (nSPS) is 20.2. The number of amides is 1. The summed E-state index contributed by atoms with van der Waals surface area (Å²) in [6, 6.07) is 14.1. The molecule has 2 aliphatic rings.